The van der Waals surface area contributed by atoms with Crippen LogP contribution in [0.5, 0.6) is 0 Å². The lowest BCUT2D eigenvalue weighted by Gasteiger charge is -2.12. The molecule has 1 N–H and O–H groups in total. The summed E-state index contributed by atoms with van der Waals surface area (Å²) in [7, 11) is 1.13. The van der Waals surface area contributed by atoms with Crippen molar-refractivity contribution in [3.05, 3.63) is 0 Å². The highest BCUT2D eigenvalue weighted by Gasteiger charge is 2.30. The number of methoxy groups -OCH3 is 1. The average Bonchev–Trinajstić information content (AvgIpc) is 2.35. The Balaban J connectivity index is 2.56. The van der Waals surface area contributed by atoms with Gasteiger partial charge in [-0.25, -0.2) is 4.79 Å². The number of rotatable bonds is 1. The molecule has 0 bridgehead atoms. The van der Waals surface area contributed by atoms with Gasteiger partial charge in [-0.15, -0.1) is 5.06 Å². The molecule has 1 saturated heterocycles. The lowest BCUT2D eigenvalue weighted by molar-refractivity contribution is -0.150. The maximum absolute atomic E-state index is 10.9. The van der Waals surface area contributed by atoms with Gasteiger partial charge in [0.1, 0.15) is 5.84 Å². The van der Waals surface area contributed by atoms with Gasteiger partial charge < -0.3 is 4.74 Å². The molecule has 0 atom stereocenters. The Morgan fingerprint density at radius 3 is 2.67 bits per heavy atom. The second kappa shape index (κ2) is 3.21. The summed E-state index contributed by atoms with van der Waals surface area (Å²) in [4.78, 5) is 25.8. The number of carbonyl (C=O) groups is 2. The van der Waals surface area contributed by atoms with Crippen molar-refractivity contribution in [2.75, 3.05) is 7.11 Å². The number of nitrogens with zero attached hydrogens (tertiary/aromatic N) is 1. The van der Waals surface area contributed by atoms with Crippen LogP contribution in [0.2, 0.25) is 0 Å². The Morgan fingerprint density at radius 2 is 2.25 bits per heavy atom. The van der Waals surface area contributed by atoms with Crippen LogP contribution in [-0.2, 0) is 14.4 Å². The third-order valence-corrected chi connectivity index (χ3v) is 1.38. The molecule has 0 aromatic rings. The molecule has 0 unspecified atom stereocenters. The highest BCUT2D eigenvalue weighted by atomic mass is 16.8. The summed E-state index contributed by atoms with van der Waals surface area (Å²) in [6.07, 6.45) is -0.485. The third kappa shape index (κ3) is 1.52. The Hall–Kier alpha value is -1.59. The lowest BCUT2D eigenvalue weighted by Crippen LogP contribution is -2.31. The fraction of sp³-hybridized carbons (Fsp3) is 0.500. The Morgan fingerprint density at radius 1 is 1.58 bits per heavy atom. The molecule has 0 aliphatic carbocycles. The molecule has 1 heterocycles. The predicted molar refractivity (Wildman–Crippen MR) is 37.3 cm³/mol. The highest BCUT2D eigenvalue weighted by Crippen LogP contribution is 2.12. The Bertz CT molecular complexity index is 222. The molecule has 1 aliphatic heterocycles. The number of hydroxylamine groups is 2. The van der Waals surface area contributed by atoms with Crippen molar-refractivity contribution >= 4 is 17.9 Å². The van der Waals surface area contributed by atoms with Crippen LogP contribution in [0, 0.1) is 5.41 Å². The van der Waals surface area contributed by atoms with Crippen molar-refractivity contribution in [1.29, 1.82) is 5.41 Å². The summed E-state index contributed by atoms with van der Waals surface area (Å²) in [6, 6.07) is 0. The van der Waals surface area contributed by atoms with E-state index in [1.807, 2.05) is 0 Å². The summed E-state index contributed by atoms with van der Waals surface area (Å²) < 4.78 is 4.16. The second-order valence-electron chi connectivity index (χ2n) is 2.18. The van der Waals surface area contributed by atoms with Gasteiger partial charge in [0, 0.05) is 12.8 Å². The minimum atomic E-state index is -0.991. The Kier molecular flexibility index (Phi) is 2.27. The molecular weight excluding hydrogens is 164 g/mol. The summed E-state index contributed by atoms with van der Waals surface area (Å²) in [5.74, 6) is -0.421. The van der Waals surface area contributed by atoms with E-state index in [4.69, 9.17) is 5.41 Å². The van der Waals surface area contributed by atoms with Crippen LogP contribution in [0.3, 0.4) is 0 Å². The normalized spacial score (nSPS) is 16.6. The third-order valence-electron chi connectivity index (χ3n) is 1.38. The van der Waals surface area contributed by atoms with Crippen LogP contribution in [0.1, 0.15) is 12.8 Å². The number of amidine groups is 1. The van der Waals surface area contributed by atoms with Gasteiger partial charge in [-0.2, -0.15) is 0 Å². The first-order valence-corrected chi connectivity index (χ1v) is 3.31. The number of carbonyl (C=O) groups excluding carboxylic acids is 2. The van der Waals surface area contributed by atoms with Crippen LogP contribution in [0.25, 0.3) is 0 Å². The van der Waals surface area contributed by atoms with Gasteiger partial charge in [-0.1, -0.05) is 0 Å². The van der Waals surface area contributed by atoms with Crippen molar-refractivity contribution in [1.82, 2.24) is 5.06 Å². The monoisotopic (exact) mass is 172 g/mol. The van der Waals surface area contributed by atoms with Crippen LogP contribution in [0.15, 0.2) is 0 Å². The first-order valence-electron chi connectivity index (χ1n) is 3.31. The molecule has 6 nitrogen and oxygen atoms in total. The van der Waals surface area contributed by atoms with Crippen molar-refractivity contribution in [2.45, 2.75) is 12.8 Å². The van der Waals surface area contributed by atoms with Gasteiger partial charge in [-0.05, 0) is 0 Å². The van der Waals surface area contributed by atoms with E-state index in [1.165, 1.54) is 0 Å². The van der Waals surface area contributed by atoms with Gasteiger partial charge in [0.2, 0.25) is 0 Å². The molecular formula is C6H8N2O4. The van der Waals surface area contributed by atoms with E-state index in [2.05, 4.69) is 9.57 Å². The number of amides is 1. The van der Waals surface area contributed by atoms with E-state index in [9.17, 15) is 9.59 Å². The topological polar surface area (TPSA) is 79.7 Å². The zero-order valence-corrected chi connectivity index (χ0v) is 6.49. The smallest absolute Gasteiger partial charge is 0.436 e. The number of ether oxygens (including phenoxy) is 1. The molecule has 0 saturated carbocycles. The largest absolute Gasteiger partial charge is 0.533 e. The second-order valence-corrected chi connectivity index (χ2v) is 2.18. The van der Waals surface area contributed by atoms with Gasteiger partial charge in [0.15, 0.2) is 0 Å². The minimum Gasteiger partial charge on any atom is -0.436 e. The van der Waals surface area contributed by atoms with Crippen LogP contribution >= 0.6 is 0 Å². The Labute approximate surface area is 68.5 Å². The highest BCUT2D eigenvalue weighted by molar-refractivity contribution is 6.02. The summed E-state index contributed by atoms with van der Waals surface area (Å²) in [5, 5.41) is 7.82. The zero-order chi connectivity index (χ0) is 9.14. The van der Waals surface area contributed by atoms with Crippen molar-refractivity contribution in [2.24, 2.45) is 0 Å². The van der Waals surface area contributed by atoms with E-state index < -0.39 is 12.1 Å². The fourth-order valence-electron chi connectivity index (χ4n) is 0.797. The molecule has 12 heavy (non-hydrogen) atoms. The van der Waals surface area contributed by atoms with Crippen LogP contribution in [0.4, 0.5) is 4.79 Å². The first-order chi connectivity index (χ1) is 5.65. The number of nitrogens with one attached hydrogen (secondary N) is 1. The van der Waals surface area contributed by atoms with Crippen molar-refractivity contribution in [3.8, 4) is 0 Å². The molecule has 1 aliphatic rings. The van der Waals surface area contributed by atoms with Gasteiger partial charge in [0.25, 0.3) is 5.91 Å². The molecule has 0 radical (unpaired) electrons. The van der Waals surface area contributed by atoms with Gasteiger partial charge in [-0.3, -0.25) is 15.0 Å². The fourth-order valence-corrected chi connectivity index (χ4v) is 0.797. The maximum Gasteiger partial charge on any atom is 0.533 e. The number of hydrogen-bond donors (Lipinski definition) is 1. The maximum atomic E-state index is 10.9. The minimum absolute atomic E-state index is 0.0228. The average molecular weight is 172 g/mol. The molecule has 6 heteroatoms. The van der Waals surface area contributed by atoms with Gasteiger partial charge >= 0.3 is 6.16 Å². The predicted octanol–water partition coefficient (Wildman–Crippen LogP) is 0.284. The van der Waals surface area contributed by atoms with Gasteiger partial charge in [0.05, 0.1) is 7.11 Å². The SMILES string of the molecule is COC(=O)ON1C(=N)CCC1=O. The first kappa shape index (κ1) is 8.51. The standard InChI is InChI=1S/C6H8N2O4/c1-11-6(10)12-8-4(7)2-3-5(8)9/h7H,2-3H2,1H3. The van der Waals surface area contributed by atoms with E-state index >= 15 is 0 Å². The molecule has 1 amide bonds. The van der Waals surface area contributed by atoms with Crippen molar-refractivity contribution in [3.63, 3.8) is 0 Å². The lowest BCUT2D eigenvalue weighted by atomic mass is 10.4. The summed E-state index contributed by atoms with van der Waals surface area (Å²) >= 11 is 0. The molecule has 66 valence electrons. The summed E-state index contributed by atoms with van der Waals surface area (Å²) in [6.45, 7) is 0. The quantitative estimate of drug-likeness (QED) is 0.576. The van der Waals surface area contributed by atoms with E-state index in [-0.39, 0.29) is 12.3 Å². The van der Waals surface area contributed by atoms with E-state index in [1.54, 1.807) is 0 Å². The van der Waals surface area contributed by atoms with Crippen molar-refractivity contribution < 1.29 is 19.2 Å². The molecule has 0 aromatic carbocycles. The van der Waals surface area contributed by atoms with Crippen LogP contribution < -0.4 is 0 Å². The van der Waals surface area contributed by atoms with E-state index in [0.29, 0.717) is 11.5 Å². The molecule has 1 rings (SSSR count). The number of hydrogen-bond acceptors (Lipinski definition) is 5. The zero-order valence-electron chi connectivity index (χ0n) is 6.49. The molecule has 0 spiro atoms. The molecule has 1 fully saturated rings. The van der Waals surface area contributed by atoms with Crippen LogP contribution in [-0.4, -0.2) is 30.1 Å². The summed E-state index contributed by atoms with van der Waals surface area (Å²) in [5.41, 5.74) is 0. The molecule has 0 aromatic heterocycles. The van der Waals surface area contributed by atoms with E-state index in [0.717, 1.165) is 7.11 Å².